The molecule has 1 aliphatic rings. The zero-order valence-corrected chi connectivity index (χ0v) is 14.5. The molecular formula is C19H21N5O. The number of hydrogen-bond acceptors (Lipinski definition) is 4. The highest BCUT2D eigenvalue weighted by Gasteiger charge is 2.28. The highest BCUT2D eigenvalue weighted by Crippen LogP contribution is 2.28. The van der Waals surface area contributed by atoms with Crippen LogP contribution in [0, 0.1) is 13.8 Å². The first-order chi connectivity index (χ1) is 12.1. The summed E-state index contributed by atoms with van der Waals surface area (Å²) in [7, 11) is 0. The van der Waals surface area contributed by atoms with Gasteiger partial charge in [-0.3, -0.25) is 9.78 Å². The standard InChI is InChI=1S/C19H21N5O/c1-12-5-3-7-15-17(12)23-18(22-15)14-6-4-8-24(11-14)19(25)16-10-20-13(2)9-21-16/h3,5,7,9-10,14H,4,6,8,11H2,1-2H3,(H,22,23)/t14-/m0/s1. The van der Waals surface area contributed by atoms with E-state index in [1.165, 1.54) is 5.56 Å². The maximum Gasteiger partial charge on any atom is 0.274 e. The smallest absolute Gasteiger partial charge is 0.274 e. The Morgan fingerprint density at radius 1 is 1.24 bits per heavy atom. The van der Waals surface area contributed by atoms with E-state index in [0.717, 1.165) is 41.9 Å². The Kier molecular flexibility index (Phi) is 3.95. The van der Waals surface area contributed by atoms with Gasteiger partial charge in [-0.05, 0) is 38.3 Å². The van der Waals surface area contributed by atoms with Crippen LogP contribution in [0.25, 0.3) is 11.0 Å². The number of aromatic amines is 1. The lowest BCUT2D eigenvalue weighted by Gasteiger charge is -2.31. The molecule has 1 amide bonds. The normalized spacial score (nSPS) is 17.8. The van der Waals surface area contributed by atoms with Crippen molar-refractivity contribution in [3.05, 3.63) is 53.4 Å². The molecule has 6 nitrogen and oxygen atoms in total. The van der Waals surface area contributed by atoms with Crippen molar-refractivity contribution < 1.29 is 4.79 Å². The molecule has 0 radical (unpaired) electrons. The van der Waals surface area contributed by atoms with E-state index in [0.29, 0.717) is 12.2 Å². The fourth-order valence-corrected chi connectivity index (χ4v) is 3.44. The Morgan fingerprint density at radius 3 is 2.88 bits per heavy atom. The van der Waals surface area contributed by atoms with E-state index in [-0.39, 0.29) is 11.8 Å². The number of nitrogens with one attached hydrogen (secondary N) is 1. The van der Waals surface area contributed by atoms with Gasteiger partial charge in [0.05, 0.1) is 22.9 Å². The summed E-state index contributed by atoms with van der Waals surface area (Å²) in [5.74, 6) is 1.14. The van der Waals surface area contributed by atoms with Gasteiger partial charge in [0, 0.05) is 25.2 Å². The van der Waals surface area contributed by atoms with Crippen molar-refractivity contribution in [2.75, 3.05) is 13.1 Å². The van der Waals surface area contributed by atoms with Gasteiger partial charge in [0.25, 0.3) is 5.91 Å². The van der Waals surface area contributed by atoms with E-state index in [1.54, 1.807) is 12.4 Å². The summed E-state index contributed by atoms with van der Waals surface area (Å²) in [6.07, 6.45) is 5.19. The zero-order valence-electron chi connectivity index (χ0n) is 14.5. The summed E-state index contributed by atoms with van der Waals surface area (Å²) in [4.78, 5) is 31.2. The van der Waals surface area contributed by atoms with Gasteiger partial charge in [-0.25, -0.2) is 9.97 Å². The largest absolute Gasteiger partial charge is 0.342 e. The number of benzene rings is 1. The third kappa shape index (κ3) is 2.99. The van der Waals surface area contributed by atoms with Gasteiger partial charge >= 0.3 is 0 Å². The number of aryl methyl sites for hydroxylation is 2. The molecular weight excluding hydrogens is 314 g/mol. The quantitative estimate of drug-likeness (QED) is 0.781. The number of carbonyl (C=O) groups excluding carboxylic acids is 1. The number of hydrogen-bond donors (Lipinski definition) is 1. The first kappa shape index (κ1) is 15.7. The number of piperidine rings is 1. The van der Waals surface area contributed by atoms with Crippen LogP contribution in [0.1, 0.15) is 46.3 Å². The highest BCUT2D eigenvalue weighted by atomic mass is 16.2. The van der Waals surface area contributed by atoms with Crippen LogP contribution in [-0.4, -0.2) is 43.8 Å². The summed E-state index contributed by atoms with van der Waals surface area (Å²) in [6.45, 7) is 5.35. The molecule has 25 heavy (non-hydrogen) atoms. The Labute approximate surface area is 146 Å². The molecule has 2 aromatic heterocycles. The number of aromatic nitrogens is 4. The third-order valence-corrected chi connectivity index (χ3v) is 4.83. The summed E-state index contributed by atoms with van der Waals surface area (Å²) in [6, 6.07) is 6.15. The molecule has 0 bridgehead atoms. The zero-order chi connectivity index (χ0) is 17.4. The average Bonchev–Trinajstić information content (AvgIpc) is 3.08. The maximum atomic E-state index is 12.7. The molecule has 1 aromatic carbocycles. The molecule has 0 spiro atoms. The number of rotatable bonds is 2. The van der Waals surface area contributed by atoms with Crippen LogP contribution in [0.2, 0.25) is 0 Å². The Bertz CT molecular complexity index is 915. The van der Waals surface area contributed by atoms with Crippen LogP contribution >= 0.6 is 0 Å². The maximum absolute atomic E-state index is 12.7. The molecule has 3 heterocycles. The van der Waals surface area contributed by atoms with Gasteiger partial charge in [-0.2, -0.15) is 0 Å². The second-order valence-electron chi connectivity index (χ2n) is 6.73. The van der Waals surface area contributed by atoms with Crippen molar-refractivity contribution in [3.8, 4) is 0 Å². The van der Waals surface area contributed by atoms with E-state index < -0.39 is 0 Å². The average molecular weight is 335 g/mol. The van der Waals surface area contributed by atoms with E-state index in [9.17, 15) is 4.79 Å². The Balaban J connectivity index is 1.56. The topological polar surface area (TPSA) is 74.8 Å². The number of carbonyl (C=O) groups is 1. The van der Waals surface area contributed by atoms with Crippen LogP contribution in [-0.2, 0) is 0 Å². The lowest BCUT2D eigenvalue weighted by molar-refractivity contribution is 0.0698. The Hall–Kier alpha value is -2.76. The SMILES string of the molecule is Cc1cnc(C(=O)N2CCC[C@H](c3nc4c(C)cccc4[nH]3)C2)cn1. The van der Waals surface area contributed by atoms with Gasteiger partial charge in [0.1, 0.15) is 11.5 Å². The number of fused-ring (bicyclic) bond motifs is 1. The van der Waals surface area contributed by atoms with E-state index in [4.69, 9.17) is 4.98 Å². The second kappa shape index (κ2) is 6.27. The molecule has 0 unspecified atom stereocenters. The number of amides is 1. The molecule has 1 fully saturated rings. The molecule has 1 aliphatic heterocycles. The molecule has 6 heteroatoms. The molecule has 0 aliphatic carbocycles. The van der Waals surface area contributed by atoms with Crippen molar-refractivity contribution in [3.63, 3.8) is 0 Å². The van der Waals surface area contributed by atoms with E-state index in [1.807, 2.05) is 24.0 Å². The second-order valence-corrected chi connectivity index (χ2v) is 6.73. The summed E-state index contributed by atoms with van der Waals surface area (Å²) >= 11 is 0. The van der Waals surface area contributed by atoms with Crippen molar-refractivity contribution in [2.45, 2.75) is 32.6 Å². The predicted molar refractivity (Wildman–Crippen MR) is 95.5 cm³/mol. The van der Waals surface area contributed by atoms with E-state index >= 15 is 0 Å². The minimum absolute atomic E-state index is 0.0514. The molecule has 3 aromatic rings. The highest BCUT2D eigenvalue weighted by molar-refractivity contribution is 5.92. The first-order valence-electron chi connectivity index (χ1n) is 8.65. The number of likely N-dealkylation sites (tertiary alicyclic amines) is 1. The van der Waals surface area contributed by atoms with E-state index in [2.05, 4.69) is 27.9 Å². The predicted octanol–water partition coefficient (Wildman–Crippen LogP) is 2.99. The number of H-pyrrole nitrogens is 1. The number of para-hydroxylation sites is 1. The molecule has 0 saturated carbocycles. The third-order valence-electron chi connectivity index (χ3n) is 4.83. The molecule has 1 saturated heterocycles. The van der Waals surface area contributed by atoms with Crippen LogP contribution in [0.15, 0.2) is 30.6 Å². The molecule has 1 atom stereocenters. The lowest BCUT2D eigenvalue weighted by atomic mass is 9.97. The Morgan fingerprint density at radius 2 is 2.12 bits per heavy atom. The van der Waals surface area contributed by atoms with Crippen LogP contribution in [0.5, 0.6) is 0 Å². The molecule has 1 N–H and O–H groups in total. The number of imidazole rings is 1. The van der Waals surface area contributed by atoms with Gasteiger partial charge in [0.15, 0.2) is 0 Å². The molecule has 128 valence electrons. The fourth-order valence-electron chi connectivity index (χ4n) is 3.44. The summed E-state index contributed by atoms with van der Waals surface area (Å²) in [5, 5.41) is 0. The summed E-state index contributed by atoms with van der Waals surface area (Å²) in [5.41, 5.74) is 4.46. The van der Waals surface area contributed by atoms with Crippen molar-refractivity contribution in [1.29, 1.82) is 0 Å². The van der Waals surface area contributed by atoms with Crippen molar-refractivity contribution >= 4 is 16.9 Å². The van der Waals surface area contributed by atoms with Gasteiger partial charge in [-0.15, -0.1) is 0 Å². The lowest BCUT2D eigenvalue weighted by Crippen LogP contribution is -2.39. The van der Waals surface area contributed by atoms with Crippen LogP contribution in [0.4, 0.5) is 0 Å². The van der Waals surface area contributed by atoms with Gasteiger partial charge in [0.2, 0.25) is 0 Å². The van der Waals surface area contributed by atoms with Gasteiger partial charge in [-0.1, -0.05) is 12.1 Å². The van der Waals surface area contributed by atoms with Crippen LogP contribution in [0.3, 0.4) is 0 Å². The van der Waals surface area contributed by atoms with Crippen molar-refractivity contribution in [2.24, 2.45) is 0 Å². The number of nitrogens with zero attached hydrogens (tertiary/aromatic N) is 4. The fraction of sp³-hybridized carbons (Fsp3) is 0.368. The minimum Gasteiger partial charge on any atom is -0.342 e. The first-order valence-corrected chi connectivity index (χ1v) is 8.65. The molecule has 4 rings (SSSR count). The monoisotopic (exact) mass is 335 g/mol. The van der Waals surface area contributed by atoms with Crippen molar-refractivity contribution in [1.82, 2.24) is 24.8 Å². The summed E-state index contributed by atoms with van der Waals surface area (Å²) < 4.78 is 0. The minimum atomic E-state index is -0.0514. The van der Waals surface area contributed by atoms with Gasteiger partial charge < -0.3 is 9.88 Å². The van der Waals surface area contributed by atoms with Crippen LogP contribution < -0.4 is 0 Å².